The Morgan fingerprint density at radius 1 is 0.927 bits per heavy atom. The number of benzene rings is 3. The van der Waals surface area contributed by atoms with Gasteiger partial charge in [0.2, 0.25) is 0 Å². The van der Waals surface area contributed by atoms with Crippen molar-refractivity contribution in [3.63, 3.8) is 0 Å². The van der Waals surface area contributed by atoms with Gasteiger partial charge < -0.3 is 20.8 Å². The number of fused-ring (bicyclic) bond motifs is 1. The number of piperazine rings is 1. The molecule has 0 aliphatic carbocycles. The van der Waals surface area contributed by atoms with Crippen LogP contribution in [0.5, 0.6) is 5.75 Å². The number of aromatic nitrogens is 1. The predicted molar refractivity (Wildman–Crippen MR) is 168 cm³/mol. The third-order valence-corrected chi connectivity index (χ3v) is 5.82. The van der Waals surface area contributed by atoms with Crippen LogP contribution in [-0.2, 0) is 6.54 Å². The highest BCUT2D eigenvalue weighted by molar-refractivity contribution is 5.83. The quantitative estimate of drug-likeness (QED) is 0.206. The molecule has 0 spiro atoms. The fraction of sp³-hybridized carbons (Fsp3) is 0.333. The molecule has 2 heterocycles. The average molecular weight is 565 g/mol. The number of carbonyl (C=O) groups is 1. The highest BCUT2D eigenvalue weighted by Gasteiger charge is 2.13. The predicted octanol–water partition coefficient (Wildman–Crippen LogP) is 6.01. The number of rotatable bonds is 4. The van der Waals surface area contributed by atoms with Gasteiger partial charge in [0.1, 0.15) is 23.4 Å². The molecule has 0 bridgehead atoms. The van der Waals surface area contributed by atoms with E-state index in [1.165, 1.54) is 17.7 Å². The van der Waals surface area contributed by atoms with E-state index in [0.717, 1.165) is 50.8 Å². The van der Waals surface area contributed by atoms with Crippen LogP contribution in [0.25, 0.3) is 10.9 Å². The SMILES string of the molecule is CC.CCCO.CN1CCN(Cc2ccc(F)cc2)CC1.Nc1ccc(C=O)cc1.Oc1cccc2cccnc12. The van der Waals surface area contributed by atoms with Crippen molar-refractivity contribution >= 4 is 22.9 Å². The van der Waals surface area contributed by atoms with E-state index in [0.29, 0.717) is 23.4 Å². The topological polar surface area (TPSA) is 103 Å². The van der Waals surface area contributed by atoms with Crippen LogP contribution in [0.2, 0.25) is 0 Å². The lowest BCUT2D eigenvalue weighted by Gasteiger charge is -2.32. The molecule has 222 valence electrons. The first-order valence-electron chi connectivity index (χ1n) is 14.0. The zero-order valence-corrected chi connectivity index (χ0v) is 24.7. The van der Waals surface area contributed by atoms with Gasteiger partial charge in [0.05, 0.1) is 0 Å². The molecule has 0 atom stereocenters. The van der Waals surface area contributed by atoms with Crippen molar-refractivity contribution in [2.24, 2.45) is 0 Å². The van der Waals surface area contributed by atoms with Gasteiger partial charge in [-0.15, -0.1) is 0 Å². The van der Waals surface area contributed by atoms with E-state index in [-0.39, 0.29) is 11.6 Å². The standard InChI is InChI=1S/C12H17FN2.C9H7NO.C7H7NO.C3H8O.C2H6/c1-14-6-8-15(9-7-14)10-11-2-4-12(13)5-3-11;11-8-5-1-3-7-4-2-6-10-9(7)8;8-7-3-1-6(5-9)2-4-7;1-2-3-4;1-2/h2-5H,6-10H2,1H3;1-6,11H;1-5H,8H2;4H,2-3H2,1H3;1-2H3. The van der Waals surface area contributed by atoms with Crippen LogP contribution < -0.4 is 5.73 Å². The molecular weight excluding hydrogens is 519 g/mol. The highest BCUT2D eigenvalue weighted by Crippen LogP contribution is 2.20. The second-order valence-electron chi connectivity index (χ2n) is 9.07. The Balaban J connectivity index is 0.000000288. The van der Waals surface area contributed by atoms with Gasteiger partial charge in [-0.2, -0.15) is 0 Å². The Kier molecular flexibility index (Phi) is 18.0. The Hall–Kier alpha value is -3.85. The van der Waals surface area contributed by atoms with Crippen LogP contribution in [0.4, 0.5) is 10.1 Å². The number of hydrogen-bond donors (Lipinski definition) is 3. The lowest BCUT2D eigenvalue weighted by Crippen LogP contribution is -2.43. The number of aldehydes is 1. The Labute approximate surface area is 244 Å². The highest BCUT2D eigenvalue weighted by atomic mass is 19.1. The summed E-state index contributed by atoms with van der Waals surface area (Å²) in [6.45, 7) is 11.7. The number of aliphatic hydroxyl groups is 1. The van der Waals surface area contributed by atoms with E-state index >= 15 is 0 Å². The number of halogens is 1. The van der Waals surface area contributed by atoms with Crippen LogP contribution in [0, 0.1) is 5.82 Å². The first-order valence-corrected chi connectivity index (χ1v) is 14.0. The minimum atomic E-state index is -0.155. The van der Waals surface area contributed by atoms with Crippen molar-refractivity contribution in [3.05, 3.63) is 102 Å². The number of aromatic hydroxyl groups is 1. The van der Waals surface area contributed by atoms with E-state index in [1.54, 1.807) is 42.6 Å². The zero-order valence-electron chi connectivity index (χ0n) is 24.7. The fourth-order valence-electron chi connectivity index (χ4n) is 3.52. The molecule has 1 aliphatic heterocycles. The van der Waals surface area contributed by atoms with Crippen LogP contribution >= 0.6 is 0 Å². The number of nitrogens with two attached hydrogens (primary N) is 1. The van der Waals surface area contributed by atoms with Gasteiger partial charge in [0.15, 0.2) is 0 Å². The molecule has 41 heavy (non-hydrogen) atoms. The lowest BCUT2D eigenvalue weighted by molar-refractivity contribution is 0.112. The molecule has 4 aromatic rings. The van der Waals surface area contributed by atoms with Crippen LogP contribution in [0.15, 0.2) is 85.1 Å². The Morgan fingerprint density at radius 3 is 2.05 bits per heavy atom. The summed E-state index contributed by atoms with van der Waals surface area (Å²) in [6, 6.07) is 22.7. The molecule has 0 saturated carbocycles. The molecule has 0 amide bonds. The van der Waals surface area contributed by atoms with Crippen molar-refractivity contribution in [2.75, 3.05) is 45.6 Å². The largest absolute Gasteiger partial charge is 0.506 e. The number of anilines is 1. The third-order valence-electron chi connectivity index (χ3n) is 5.82. The summed E-state index contributed by atoms with van der Waals surface area (Å²) in [7, 11) is 2.15. The third kappa shape index (κ3) is 14.4. The van der Waals surface area contributed by atoms with Crippen molar-refractivity contribution in [1.29, 1.82) is 0 Å². The molecule has 4 N–H and O–H groups in total. The van der Waals surface area contributed by atoms with E-state index < -0.39 is 0 Å². The van der Waals surface area contributed by atoms with Crippen LogP contribution in [0.3, 0.4) is 0 Å². The molecule has 8 heteroatoms. The number of phenolic OH excluding ortho intramolecular Hbond substituents is 1. The second-order valence-corrected chi connectivity index (χ2v) is 9.07. The Morgan fingerprint density at radius 2 is 1.51 bits per heavy atom. The molecule has 7 nitrogen and oxygen atoms in total. The van der Waals surface area contributed by atoms with Gasteiger partial charge in [-0.3, -0.25) is 14.7 Å². The second kappa shape index (κ2) is 21.0. The summed E-state index contributed by atoms with van der Waals surface area (Å²) in [5.74, 6) is 0.0835. The zero-order chi connectivity index (χ0) is 30.5. The normalized spacial score (nSPS) is 12.6. The molecule has 5 rings (SSSR count). The van der Waals surface area contributed by atoms with Gasteiger partial charge in [-0.1, -0.05) is 51.1 Å². The number of likely N-dealkylation sites (N-methyl/N-ethyl adjacent to an activating group) is 1. The summed E-state index contributed by atoms with van der Waals surface area (Å²) >= 11 is 0. The maximum atomic E-state index is 12.7. The minimum absolute atomic E-state index is 0.155. The minimum Gasteiger partial charge on any atom is -0.506 e. The van der Waals surface area contributed by atoms with Crippen molar-refractivity contribution in [3.8, 4) is 5.75 Å². The average Bonchev–Trinajstić information content (AvgIpc) is 3.02. The Bertz CT molecular complexity index is 1220. The number of hydrogen-bond acceptors (Lipinski definition) is 7. The van der Waals surface area contributed by atoms with Crippen molar-refractivity contribution in [2.45, 2.75) is 33.7 Å². The summed E-state index contributed by atoms with van der Waals surface area (Å²) in [6.07, 6.45) is 3.33. The number of para-hydroxylation sites is 1. The summed E-state index contributed by atoms with van der Waals surface area (Å²) in [5.41, 5.74) is 8.56. The smallest absolute Gasteiger partial charge is 0.150 e. The first-order chi connectivity index (χ1) is 19.9. The number of nitrogen functional groups attached to an aromatic ring is 1. The van der Waals surface area contributed by atoms with Crippen molar-refractivity contribution in [1.82, 2.24) is 14.8 Å². The van der Waals surface area contributed by atoms with Gasteiger partial charge in [-0.05, 0) is 67.6 Å². The summed E-state index contributed by atoms with van der Waals surface area (Å²) in [4.78, 5) is 18.9. The molecule has 1 aliphatic rings. The fourth-order valence-corrected chi connectivity index (χ4v) is 3.52. The molecule has 1 saturated heterocycles. The van der Waals surface area contributed by atoms with Crippen LogP contribution in [0.1, 0.15) is 43.1 Å². The van der Waals surface area contributed by atoms with E-state index in [2.05, 4.69) is 21.8 Å². The van der Waals surface area contributed by atoms with E-state index in [1.807, 2.05) is 51.1 Å². The molecule has 0 radical (unpaired) electrons. The van der Waals surface area contributed by atoms with Crippen molar-refractivity contribution < 1.29 is 19.4 Å². The number of phenols is 1. The maximum Gasteiger partial charge on any atom is 0.150 e. The molecule has 1 aromatic heterocycles. The molecule has 1 fully saturated rings. The van der Waals surface area contributed by atoms with Gasteiger partial charge in [0.25, 0.3) is 0 Å². The van der Waals surface area contributed by atoms with E-state index in [4.69, 9.17) is 10.8 Å². The molecule has 0 unspecified atom stereocenters. The monoisotopic (exact) mass is 564 g/mol. The van der Waals surface area contributed by atoms with Gasteiger partial charge in [0, 0.05) is 62.2 Å². The number of aliphatic hydroxyl groups excluding tert-OH is 1. The number of pyridine rings is 1. The molecule has 3 aromatic carbocycles. The number of carbonyl (C=O) groups excluding carboxylic acids is 1. The summed E-state index contributed by atoms with van der Waals surface area (Å²) < 4.78 is 12.7. The number of nitrogens with zero attached hydrogens (tertiary/aromatic N) is 3. The van der Waals surface area contributed by atoms with E-state index in [9.17, 15) is 14.3 Å². The maximum absolute atomic E-state index is 12.7. The summed E-state index contributed by atoms with van der Waals surface area (Å²) in [5, 5.41) is 18.1. The van der Waals surface area contributed by atoms with Gasteiger partial charge in [-0.25, -0.2) is 4.39 Å². The van der Waals surface area contributed by atoms with Gasteiger partial charge >= 0.3 is 0 Å². The molecular formula is C33H45FN4O3. The first kappa shape index (κ1) is 35.2. The van der Waals surface area contributed by atoms with Crippen LogP contribution in [-0.4, -0.2) is 71.1 Å². The lowest BCUT2D eigenvalue weighted by atomic mass is 10.2.